The predicted octanol–water partition coefficient (Wildman–Crippen LogP) is 3.35. The molecule has 0 bridgehead atoms. The van der Waals surface area contributed by atoms with Crippen LogP contribution in [0.25, 0.3) is 6.08 Å². The van der Waals surface area contributed by atoms with Crippen molar-refractivity contribution in [1.29, 1.82) is 5.26 Å². The van der Waals surface area contributed by atoms with Crippen LogP contribution in [-0.2, 0) is 14.6 Å². The number of sulfone groups is 1. The van der Waals surface area contributed by atoms with Crippen molar-refractivity contribution in [2.45, 2.75) is 18.7 Å². The molecule has 0 fully saturated rings. The zero-order valence-electron chi connectivity index (χ0n) is 14.3. The fraction of sp³-hybridized carbons (Fsp3) is 0.158. The fourth-order valence-corrected chi connectivity index (χ4v) is 3.35. The second-order valence-corrected chi connectivity index (χ2v) is 7.09. The first-order chi connectivity index (χ1) is 12.4. The molecule has 0 atom stereocenters. The van der Waals surface area contributed by atoms with Gasteiger partial charge in [-0.3, -0.25) is 4.79 Å². The summed E-state index contributed by atoms with van der Waals surface area (Å²) in [6.45, 7) is 3.36. The first kappa shape index (κ1) is 19.2. The highest BCUT2D eigenvalue weighted by Crippen LogP contribution is 2.30. The highest BCUT2D eigenvalue weighted by molar-refractivity contribution is 7.95. The number of carbonyl (C=O) groups excluding carboxylic acids is 1. The summed E-state index contributed by atoms with van der Waals surface area (Å²) in [5.74, 6) is 0.00499. The van der Waals surface area contributed by atoms with Gasteiger partial charge in [0.2, 0.25) is 9.84 Å². The molecule has 2 aromatic carbocycles. The van der Waals surface area contributed by atoms with Crippen LogP contribution in [0.3, 0.4) is 0 Å². The molecule has 0 unspecified atom stereocenters. The quantitative estimate of drug-likeness (QED) is 0.439. The standard InChI is InChI=1S/C19H17NO5S/c1-3-24-19-12-15(9-10-18(19)25-14(2)21)11-17(13-20)26(22,23)16-7-5-4-6-8-16/h4-12H,3H2,1-2H3. The summed E-state index contributed by atoms with van der Waals surface area (Å²) < 4.78 is 35.7. The van der Waals surface area contributed by atoms with E-state index in [9.17, 15) is 18.5 Å². The summed E-state index contributed by atoms with van der Waals surface area (Å²) in [7, 11) is -3.93. The smallest absolute Gasteiger partial charge is 0.308 e. The summed E-state index contributed by atoms with van der Waals surface area (Å²) in [5.41, 5.74) is 0.431. The van der Waals surface area contributed by atoms with E-state index in [1.165, 1.54) is 37.3 Å². The molecule has 7 heteroatoms. The molecule has 0 heterocycles. The zero-order chi connectivity index (χ0) is 19.2. The predicted molar refractivity (Wildman–Crippen MR) is 96.1 cm³/mol. The molecular weight excluding hydrogens is 354 g/mol. The molecule has 2 rings (SSSR count). The topological polar surface area (TPSA) is 93.5 Å². The third-order valence-electron chi connectivity index (χ3n) is 3.27. The van der Waals surface area contributed by atoms with E-state index < -0.39 is 20.7 Å². The highest BCUT2D eigenvalue weighted by atomic mass is 32.2. The van der Waals surface area contributed by atoms with Crippen LogP contribution >= 0.6 is 0 Å². The Kier molecular flexibility index (Phi) is 6.15. The Labute approximate surface area is 152 Å². The van der Waals surface area contributed by atoms with Crippen LogP contribution in [0.15, 0.2) is 58.3 Å². The highest BCUT2D eigenvalue weighted by Gasteiger charge is 2.20. The van der Waals surface area contributed by atoms with Crippen molar-refractivity contribution in [3.63, 3.8) is 0 Å². The average molecular weight is 371 g/mol. The summed E-state index contributed by atoms with van der Waals surface area (Å²) in [4.78, 5) is 10.8. The van der Waals surface area contributed by atoms with Crippen molar-refractivity contribution < 1.29 is 22.7 Å². The Hall–Kier alpha value is -3.11. The van der Waals surface area contributed by atoms with E-state index in [0.717, 1.165) is 0 Å². The van der Waals surface area contributed by atoms with Gasteiger partial charge in [0, 0.05) is 6.92 Å². The maximum Gasteiger partial charge on any atom is 0.308 e. The third-order valence-corrected chi connectivity index (χ3v) is 4.95. The molecule has 0 N–H and O–H groups in total. The number of allylic oxidation sites excluding steroid dienone is 1. The minimum atomic E-state index is -3.93. The number of nitriles is 1. The normalized spacial score (nSPS) is 11.5. The van der Waals surface area contributed by atoms with Crippen molar-refractivity contribution in [3.05, 3.63) is 59.0 Å². The molecule has 0 amide bonds. The number of benzene rings is 2. The van der Waals surface area contributed by atoms with Crippen LogP contribution in [0.1, 0.15) is 19.4 Å². The van der Waals surface area contributed by atoms with Crippen molar-refractivity contribution in [1.82, 2.24) is 0 Å². The minimum absolute atomic E-state index is 0.0364. The van der Waals surface area contributed by atoms with Crippen LogP contribution in [-0.4, -0.2) is 21.0 Å². The lowest BCUT2D eigenvalue weighted by Crippen LogP contribution is -2.05. The van der Waals surface area contributed by atoms with Crippen LogP contribution in [0, 0.1) is 11.3 Å². The molecule has 26 heavy (non-hydrogen) atoms. The molecule has 134 valence electrons. The fourth-order valence-electron chi connectivity index (χ4n) is 2.17. The van der Waals surface area contributed by atoms with Gasteiger partial charge in [-0.25, -0.2) is 8.42 Å². The summed E-state index contributed by atoms with van der Waals surface area (Å²) in [6, 6.07) is 14.0. The summed E-state index contributed by atoms with van der Waals surface area (Å²) in [6.07, 6.45) is 1.25. The molecule has 0 aliphatic carbocycles. The van der Waals surface area contributed by atoms with Gasteiger partial charge in [-0.05, 0) is 42.8 Å². The van der Waals surface area contributed by atoms with E-state index in [-0.39, 0.29) is 16.4 Å². The van der Waals surface area contributed by atoms with Gasteiger partial charge < -0.3 is 9.47 Å². The number of carbonyl (C=O) groups is 1. The second kappa shape index (κ2) is 8.32. The number of rotatable bonds is 6. The molecule has 0 saturated heterocycles. The first-order valence-corrected chi connectivity index (χ1v) is 9.24. The van der Waals surface area contributed by atoms with E-state index in [0.29, 0.717) is 12.2 Å². The Morgan fingerprint density at radius 2 is 1.85 bits per heavy atom. The summed E-state index contributed by atoms with van der Waals surface area (Å²) in [5, 5.41) is 9.33. The second-order valence-electron chi connectivity index (χ2n) is 5.17. The third kappa shape index (κ3) is 4.49. The number of esters is 1. The van der Waals surface area contributed by atoms with Gasteiger partial charge in [0.25, 0.3) is 0 Å². The van der Waals surface area contributed by atoms with E-state index in [4.69, 9.17) is 9.47 Å². The Bertz CT molecular complexity index is 973. The number of hydrogen-bond acceptors (Lipinski definition) is 6. The lowest BCUT2D eigenvalue weighted by molar-refractivity contribution is -0.132. The monoisotopic (exact) mass is 371 g/mol. The largest absolute Gasteiger partial charge is 0.490 e. The maximum absolute atomic E-state index is 12.6. The molecule has 0 aliphatic heterocycles. The van der Waals surface area contributed by atoms with Gasteiger partial charge >= 0.3 is 5.97 Å². The van der Waals surface area contributed by atoms with Gasteiger partial charge in [0.15, 0.2) is 11.5 Å². The number of ether oxygens (including phenoxy) is 2. The number of hydrogen-bond donors (Lipinski definition) is 0. The van der Waals surface area contributed by atoms with Crippen molar-refractivity contribution in [3.8, 4) is 17.6 Å². The van der Waals surface area contributed by atoms with Gasteiger partial charge in [-0.2, -0.15) is 5.26 Å². The van der Waals surface area contributed by atoms with Crippen molar-refractivity contribution >= 4 is 21.9 Å². The molecule has 0 radical (unpaired) electrons. The first-order valence-electron chi connectivity index (χ1n) is 7.75. The zero-order valence-corrected chi connectivity index (χ0v) is 15.1. The molecule has 2 aromatic rings. The van der Waals surface area contributed by atoms with Crippen LogP contribution in [0.5, 0.6) is 11.5 Å². The van der Waals surface area contributed by atoms with E-state index >= 15 is 0 Å². The van der Waals surface area contributed by atoms with E-state index in [2.05, 4.69) is 0 Å². The van der Waals surface area contributed by atoms with Crippen LogP contribution in [0.4, 0.5) is 0 Å². The van der Waals surface area contributed by atoms with Crippen LogP contribution in [0.2, 0.25) is 0 Å². The molecule has 0 saturated carbocycles. The van der Waals surface area contributed by atoms with Crippen LogP contribution < -0.4 is 9.47 Å². The lowest BCUT2D eigenvalue weighted by Gasteiger charge is -2.10. The molecule has 0 aromatic heterocycles. The lowest BCUT2D eigenvalue weighted by atomic mass is 10.2. The Morgan fingerprint density at radius 1 is 1.15 bits per heavy atom. The SMILES string of the molecule is CCOc1cc(C=C(C#N)S(=O)(=O)c2ccccc2)ccc1OC(C)=O. The number of nitrogens with zero attached hydrogens (tertiary/aromatic N) is 1. The van der Waals surface area contributed by atoms with Gasteiger partial charge in [-0.15, -0.1) is 0 Å². The Morgan fingerprint density at radius 3 is 2.42 bits per heavy atom. The molecule has 6 nitrogen and oxygen atoms in total. The van der Waals surface area contributed by atoms with Gasteiger partial charge in [0.1, 0.15) is 11.0 Å². The average Bonchev–Trinajstić information content (AvgIpc) is 2.62. The molecular formula is C19H17NO5S. The summed E-state index contributed by atoms with van der Waals surface area (Å²) >= 11 is 0. The molecule has 0 aliphatic rings. The van der Waals surface area contributed by atoms with E-state index in [1.54, 1.807) is 37.3 Å². The van der Waals surface area contributed by atoms with E-state index in [1.807, 2.05) is 0 Å². The van der Waals surface area contributed by atoms with Gasteiger partial charge in [-0.1, -0.05) is 24.3 Å². The van der Waals surface area contributed by atoms with Crippen molar-refractivity contribution in [2.24, 2.45) is 0 Å². The maximum atomic E-state index is 12.6. The Balaban J connectivity index is 2.48. The van der Waals surface area contributed by atoms with Gasteiger partial charge in [0.05, 0.1) is 11.5 Å². The van der Waals surface area contributed by atoms with Crippen molar-refractivity contribution in [2.75, 3.05) is 6.61 Å². The minimum Gasteiger partial charge on any atom is -0.490 e. The molecule has 0 spiro atoms.